The van der Waals surface area contributed by atoms with Crippen molar-refractivity contribution in [2.24, 2.45) is 0 Å². The number of rotatable bonds is 2. The van der Waals surface area contributed by atoms with E-state index < -0.39 is 5.97 Å². The van der Waals surface area contributed by atoms with Gasteiger partial charge in [-0.05, 0) is 36.6 Å². The Morgan fingerprint density at radius 2 is 1.90 bits per heavy atom. The molecule has 0 saturated heterocycles. The fourth-order valence-electron chi connectivity index (χ4n) is 2.54. The molecule has 2 heterocycles. The number of anilines is 1. The zero-order valence-electron chi connectivity index (χ0n) is 11.7. The summed E-state index contributed by atoms with van der Waals surface area (Å²) in [4.78, 5) is 27.0. The summed E-state index contributed by atoms with van der Waals surface area (Å²) in [7, 11) is 1.34. The average Bonchev–Trinajstić information content (AvgIpc) is 3.03. The van der Waals surface area contributed by atoms with Crippen LogP contribution in [0.25, 0.3) is 0 Å². The first-order valence-electron chi connectivity index (χ1n) is 6.78. The molecule has 1 aliphatic heterocycles. The van der Waals surface area contributed by atoms with Crippen molar-refractivity contribution in [2.75, 3.05) is 18.6 Å². The van der Waals surface area contributed by atoms with Crippen LogP contribution in [-0.2, 0) is 11.2 Å². The first-order chi connectivity index (χ1) is 10.2. The molecule has 0 fully saturated rings. The predicted octanol–water partition coefficient (Wildman–Crippen LogP) is 3.13. The van der Waals surface area contributed by atoms with Crippen molar-refractivity contribution >= 4 is 28.9 Å². The van der Waals surface area contributed by atoms with Crippen LogP contribution in [0.15, 0.2) is 36.4 Å². The maximum atomic E-state index is 12.7. The zero-order valence-corrected chi connectivity index (χ0v) is 12.5. The van der Waals surface area contributed by atoms with E-state index >= 15 is 0 Å². The van der Waals surface area contributed by atoms with Gasteiger partial charge in [0.2, 0.25) is 0 Å². The molecule has 1 aliphatic rings. The van der Waals surface area contributed by atoms with E-state index in [2.05, 4.69) is 10.8 Å². The number of para-hydroxylation sites is 1. The molecule has 0 atom stereocenters. The van der Waals surface area contributed by atoms with Crippen LogP contribution in [0.2, 0.25) is 0 Å². The highest BCUT2D eigenvalue weighted by Crippen LogP contribution is 2.29. The lowest BCUT2D eigenvalue weighted by Gasteiger charge is -2.29. The number of carbonyl (C=O) groups is 2. The third kappa shape index (κ3) is 2.56. The van der Waals surface area contributed by atoms with E-state index in [9.17, 15) is 9.59 Å². The van der Waals surface area contributed by atoms with Crippen molar-refractivity contribution in [3.05, 3.63) is 51.7 Å². The van der Waals surface area contributed by atoms with Crippen LogP contribution in [0.1, 0.15) is 31.3 Å². The lowest BCUT2D eigenvalue weighted by Crippen LogP contribution is -2.34. The molecule has 1 aromatic carbocycles. The fraction of sp³-hybridized carbons (Fsp3) is 0.250. The van der Waals surface area contributed by atoms with E-state index in [1.165, 1.54) is 24.0 Å². The summed E-state index contributed by atoms with van der Waals surface area (Å²) >= 11 is 1.18. The van der Waals surface area contributed by atoms with Crippen LogP contribution in [-0.4, -0.2) is 25.5 Å². The van der Waals surface area contributed by atoms with Gasteiger partial charge >= 0.3 is 5.97 Å². The van der Waals surface area contributed by atoms with E-state index in [4.69, 9.17) is 0 Å². The van der Waals surface area contributed by atoms with E-state index in [1.54, 1.807) is 17.0 Å². The number of esters is 1. The van der Waals surface area contributed by atoms with Gasteiger partial charge in [-0.15, -0.1) is 11.3 Å². The molecule has 1 amide bonds. The first kappa shape index (κ1) is 13.8. The van der Waals surface area contributed by atoms with Gasteiger partial charge in [0.25, 0.3) is 5.91 Å². The lowest BCUT2D eigenvalue weighted by atomic mass is 10.0. The average molecular weight is 301 g/mol. The molecule has 0 radical (unpaired) electrons. The van der Waals surface area contributed by atoms with E-state index in [0.29, 0.717) is 16.3 Å². The second kappa shape index (κ2) is 5.69. The Morgan fingerprint density at radius 3 is 2.71 bits per heavy atom. The highest BCUT2D eigenvalue weighted by molar-refractivity contribution is 7.16. The van der Waals surface area contributed by atoms with Crippen molar-refractivity contribution in [3.8, 4) is 0 Å². The number of carbonyl (C=O) groups excluding carboxylic acids is 2. The summed E-state index contributed by atoms with van der Waals surface area (Å²) in [6.07, 6.45) is 1.95. The van der Waals surface area contributed by atoms with Gasteiger partial charge in [0.15, 0.2) is 0 Å². The van der Waals surface area contributed by atoms with Gasteiger partial charge in [0.05, 0.1) is 12.0 Å². The van der Waals surface area contributed by atoms with E-state index in [1.807, 2.05) is 18.2 Å². The van der Waals surface area contributed by atoms with Crippen molar-refractivity contribution in [2.45, 2.75) is 12.8 Å². The Labute approximate surface area is 127 Å². The molecule has 0 aliphatic carbocycles. The van der Waals surface area contributed by atoms with Crippen molar-refractivity contribution in [1.29, 1.82) is 0 Å². The number of amides is 1. The summed E-state index contributed by atoms with van der Waals surface area (Å²) in [5.74, 6) is -0.458. The smallest absolute Gasteiger partial charge is 0.348 e. The minimum Gasteiger partial charge on any atom is -0.465 e. The number of thiophene rings is 1. The third-order valence-electron chi connectivity index (χ3n) is 3.56. The molecular weight excluding hydrogens is 286 g/mol. The van der Waals surface area contributed by atoms with Crippen LogP contribution in [0.3, 0.4) is 0 Å². The largest absolute Gasteiger partial charge is 0.465 e. The highest BCUT2D eigenvalue weighted by Gasteiger charge is 2.25. The number of ether oxygens (including phenoxy) is 1. The number of nitrogens with zero attached hydrogens (tertiary/aromatic N) is 1. The molecule has 1 aromatic heterocycles. The second-order valence-electron chi connectivity index (χ2n) is 4.84. The quantitative estimate of drug-likeness (QED) is 0.801. The van der Waals surface area contributed by atoms with Crippen LogP contribution in [0.4, 0.5) is 5.69 Å². The molecule has 2 aromatic rings. The Bertz CT molecular complexity index is 692. The Kier molecular flexibility index (Phi) is 3.75. The van der Waals surface area contributed by atoms with E-state index in [0.717, 1.165) is 18.5 Å². The van der Waals surface area contributed by atoms with Crippen LogP contribution >= 0.6 is 11.3 Å². The number of hydrogen-bond acceptors (Lipinski definition) is 4. The number of aryl methyl sites for hydroxylation is 1. The highest BCUT2D eigenvalue weighted by atomic mass is 32.1. The maximum absolute atomic E-state index is 12.7. The SMILES string of the molecule is COC(=O)c1ccc(C(=O)N2CCCc3ccccc32)s1. The summed E-state index contributed by atoms with van der Waals surface area (Å²) in [5.41, 5.74) is 2.17. The first-order valence-corrected chi connectivity index (χ1v) is 7.60. The molecule has 108 valence electrons. The molecule has 0 spiro atoms. The Hall–Kier alpha value is -2.14. The zero-order chi connectivity index (χ0) is 14.8. The molecule has 3 rings (SSSR count). The van der Waals surface area contributed by atoms with Gasteiger partial charge in [-0.3, -0.25) is 4.79 Å². The molecule has 0 saturated carbocycles. The molecule has 21 heavy (non-hydrogen) atoms. The molecule has 0 bridgehead atoms. The summed E-state index contributed by atoms with van der Waals surface area (Å²) in [6, 6.07) is 11.3. The topological polar surface area (TPSA) is 46.6 Å². The standard InChI is InChI=1S/C16H15NO3S/c1-20-16(19)14-9-8-13(21-14)15(18)17-10-4-6-11-5-2-3-7-12(11)17/h2-3,5,7-9H,4,6,10H2,1H3. The molecule has 0 unspecified atom stereocenters. The van der Waals surface area contributed by atoms with E-state index in [-0.39, 0.29) is 5.91 Å². The minimum atomic E-state index is -0.405. The number of hydrogen-bond donors (Lipinski definition) is 0. The van der Waals surface area contributed by atoms with Gasteiger partial charge in [-0.1, -0.05) is 18.2 Å². The normalized spacial score (nSPS) is 13.7. The van der Waals surface area contributed by atoms with Gasteiger partial charge in [0.1, 0.15) is 4.88 Å². The Morgan fingerprint density at radius 1 is 1.14 bits per heavy atom. The van der Waals surface area contributed by atoms with Crippen LogP contribution in [0, 0.1) is 0 Å². The van der Waals surface area contributed by atoms with Gasteiger partial charge in [-0.25, -0.2) is 4.79 Å². The Balaban J connectivity index is 1.89. The van der Waals surface area contributed by atoms with Gasteiger partial charge in [0, 0.05) is 12.2 Å². The van der Waals surface area contributed by atoms with Gasteiger partial charge < -0.3 is 9.64 Å². The molecular formula is C16H15NO3S. The van der Waals surface area contributed by atoms with Crippen LogP contribution in [0.5, 0.6) is 0 Å². The minimum absolute atomic E-state index is 0.0534. The fourth-order valence-corrected chi connectivity index (χ4v) is 3.41. The lowest BCUT2D eigenvalue weighted by molar-refractivity contribution is 0.0606. The molecule has 4 nitrogen and oxygen atoms in total. The maximum Gasteiger partial charge on any atom is 0.348 e. The summed E-state index contributed by atoms with van der Waals surface area (Å²) in [5, 5.41) is 0. The predicted molar refractivity (Wildman–Crippen MR) is 82.1 cm³/mol. The number of methoxy groups -OCH3 is 1. The summed E-state index contributed by atoms with van der Waals surface area (Å²) in [6.45, 7) is 0.710. The molecule has 0 N–H and O–H groups in total. The number of benzene rings is 1. The third-order valence-corrected chi connectivity index (χ3v) is 4.61. The molecule has 5 heteroatoms. The second-order valence-corrected chi connectivity index (χ2v) is 5.93. The number of fused-ring (bicyclic) bond motifs is 1. The van der Waals surface area contributed by atoms with Crippen LogP contribution < -0.4 is 4.90 Å². The van der Waals surface area contributed by atoms with Crippen molar-refractivity contribution in [3.63, 3.8) is 0 Å². The monoisotopic (exact) mass is 301 g/mol. The van der Waals surface area contributed by atoms with Gasteiger partial charge in [-0.2, -0.15) is 0 Å². The van der Waals surface area contributed by atoms with Crippen molar-refractivity contribution < 1.29 is 14.3 Å². The van der Waals surface area contributed by atoms with Crippen molar-refractivity contribution in [1.82, 2.24) is 0 Å². The summed E-state index contributed by atoms with van der Waals surface area (Å²) < 4.78 is 4.68.